The van der Waals surface area contributed by atoms with E-state index in [0.29, 0.717) is 6.07 Å². The predicted octanol–water partition coefficient (Wildman–Crippen LogP) is 1.44. The van der Waals surface area contributed by atoms with Gasteiger partial charge in [0.05, 0.1) is 11.1 Å². The maximum atomic E-state index is 12.5. The third kappa shape index (κ3) is 1.76. The van der Waals surface area contributed by atoms with Crippen molar-refractivity contribution < 1.29 is 23.1 Å². The molecular formula is C7H5F3N2O2. The number of nitrogens with two attached hydrogens (primary N) is 1. The zero-order chi connectivity index (χ0) is 10.9. The lowest BCUT2D eigenvalue weighted by molar-refractivity contribution is 0.0683. The average molecular weight is 206 g/mol. The molecule has 0 aromatic carbocycles. The molecule has 0 amide bonds. The first-order valence-electron chi connectivity index (χ1n) is 3.41. The third-order valence-electron chi connectivity index (χ3n) is 1.51. The monoisotopic (exact) mass is 206 g/mol. The maximum Gasteiger partial charge on any atom is 0.336 e. The summed E-state index contributed by atoms with van der Waals surface area (Å²) in [6.07, 6.45) is -3.10. The van der Waals surface area contributed by atoms with E-state index in [0.717, 1.165) is 0 Å². The van der Waals surface area contributed by atoms with Gasteiger partial charge in [-0.15, -0.1) is 0 Å². The van der Waals surface area contributed by atoms with Gasteiger partial charge in [0.25, 0.3) is 6.43 Å². The molecule has 0 aliphatic heterocycles. The largest absolute Gasteiger partial charge is 0.478 e. The normalized spacial score (nSPS) is 10.6. The van der Waals surface area contributed by atoms with Crippen LogP contribution in [0.5, 0.6) is 0 Å². The number of hydrogen-bond donors (Lipinski definition) is 2. The first-order valence-corrected chi connectivity index (χ1v) is 3.41. The standard InChI is InChI=1S/C7H5F3N2O2/c8-3-1-2(7(13)14)4(5(9)10)6(11)12-3/h1,5H,(H2,11,12)(H,13,14). The first kappa shape index (κ1) is 10.3. The number of rotatable bonds is 2. The van der Waals surface area contributed by atoms with E-state index < -0.39 is 35.3 Å². The van der Waals surface area contributed by atoms with Crippen LogP contribution in [-0.2, 0) is 0 Å². The van der Waals surface area contributed by atoms with E-state index in [-0.39, 0.29) is 0 Å². The minimum atomic E-state index is -3.10. The van der Waals surface area contributed by atoms with Gasteiger partial charge in [-0.2, -0.15) is 4.39 Å². The summed E-state index contributed by atoms with van der Waals surface area (Å²) in [5, 5.41) is 8.48. The SMILES string of the molecule is Nc1nc(F)cc(C(=O)O)c1C(F)F. The Morgan fingerprint density at radius 3 is 2.57 bits per heavy atom. The number of carbonyl (C=O) groups is 1. The van der Waals surface area contributed by atoms with Crippen LogP contribution in [0.3, 0.4) is 0 Å². The molecule has 76 valence electrons. The summed E-state index contributed by atoms with van der Waals surface area (Å²) in [5.74, 6) is -3.69. The fourth-order valence-corrected chi connectivity index (χ4v) is 0.949. The molecule has 14 heavy (non-hydrogen) atoms. The maximum absolute atomic E-state index is 12.5. The number of aromatic carboxylic acids is 1. The zero-order valence-corrected chi connectivity index (χ0v) is 6.67. The molecule has 3 N–H and O–H groups in total. The van der Waals surface area contributed by atoms with Gasteiger partial charge >= 0.3 is 5.97 Å². The highest BCUT2D eigenvalue weighted by Crippen LogP contribution is 2.27. The number of alkyl halides is 2. The number of carboxylic acids is 1. The lowest BCUT2D eigenvalue weighted by Crippen LogP contribution is -2.09. The highest BCUT2D eigenvalue weighted by molar-refractivity contribution is 5.90. The third-order valence-corrected chi connectivity index (χ3v) is 1.51. The molecule has 4 nitrogen and oxygen atoms in total. The number of anilines is 1. The predicted molar refractivity (Wildman–Crippen MR) is 40.5 cm³/mol. The van der Waals surface area contributed by atoms with Crippen LogP contribution in [-0.4, -0.2) is 16.1 Å². The fraction of sp³-hybridized carbons (Fsp3) is 0.143. The summed E-state index contributed by atoms with van der Waals surface area (Å²) >= 11 is 0. The second-order valence-electron chi connectivity index (χ2n) is 2.40. The van der Waals surface area contributed by atoms with Crippen molar-refractivity contribution in [2.24, 2.45) is 0 Å². The molecule has 1 aromatic rings. The van der Waals surface area contributed by atoms with Gasteiger partial charge in [0, 0.05) is 6.07 Å². The molecule has 0 unspecified atom stereocenters. The lowest BCUT2D eigenvalue weighted by Gasteiger charge is -2.07. The minimum absolute atomic E-state index is 0.403. The molecule has 0 aliphatic rings. The van der Waals surface area contributed by atoms with E-state index >= 15 is 0 Å². The fourth-order valence-electron chi connectivity index (χ4n) is 0.949. The molecule has 0 saturated carbocycles. The lowest BCUT2D eigenvalue weighted by atomic mass is 10.1. The molecular weight excluding hydrogens is 201 g/mol. The smallest absolute Gasteiger partial charge is 0.336 e. The molecule has 0 fully saturated rings. The molecule has 0 spiro atoms. The van der Waals surface area contributed by atoms with E-state index in [4.69, 9.17) is 10.8 Å². The Hall–Kier alpha value is -1.79. The van der Waals surface area contributed by atoms with E-state index in [1.54, 1.807) is 0 Å². The second kappa shape index (κ2) is 3.52. The van der Waals surface area contributed by atoms with Gasteiger partial charge < -0.3 is 10.8 Å². The molecule has 0 bridgehead atoms. The van der Waals surface area contributed by atoms with Crippen LogP contribution in [0.4, 0.5) is 19.0 Å². The molecule has 0 radical (unpaired) electrons. The van der Waals surface area contributed by atoms with Gasteiger partial charge in [0.1, 0.15) is 5.82 Å². The van der Waals surface area contributed by atoms with Gasteiger partial charge in [-0.05, 0) is 0 Å². The summed E-state index contributed by atoms with van der Waals surface area (Å²) in [6, 6.07) is 0.403. The van der Waals surface area contributed by atoms with E-state index in [2.05, 4.69) is 4.98 Å². The van der Waals surface area contributed by atoms with Crippen LogP contribution >= 0.6 is 0 Å². The van der Waals surface area contributed by atoms with Gasteiger partial charge in [-0.1, -0.05) is 0 Å². The van der Waals surface area contributed by atoms with Crippen LogP contribution < -0.4 is 5.73 Å². The van der Waals surface area contributed by atoms with Crippen molar-refractivity contribution >= 4 is 11.8 Å². The molecule has 7 heteroatoms. The van der Waals surface area contributed by atoms with Crippen LogP contribution in [0, 0.1) is 5.95 Å². The molecule has 0 aliphatic carbocycles. The van der Waals surface area contributed by atoms with Crippen molar-refractivity contribution in [3.63, 3.8) is 0 Å². The molecule has 1 heterocycles. The summed E-state index contributed by atoms with van der Waals surface area (Å²) in [6.45, 7) is 0. The van der Waals surface area contributed by atoms with E-state index in [9.17, 15) is 18.0 Å². The van der Waals surface area contributed by atoms with E-state index in [1.165, 1.54) is 0 Å². The Morgan fingerprint density at radius 2 is 2.14 bits per heavy atom. The summed E-state index contributed by atoms with van der Waals surface area (Å²) < 4.78 is 37.1. The zero-order valence-electron chi connectivity index (χ0n) is 6.67. The van der Waals surface area contributed by atoms with Crippen molar-refractivity contribution in [2.45, 2.75) is 6.43 Å². The Labute approximate surface area is 76.2 Å². The summed E-state index contributed by atoms with van der Waals surface area (Å²) in [5.41, 5.74) is 3.14. The van der Waals surface area contributed by atoms with Crippen molar-refractivity contribution in [3.8, 4) is 0 Å². The minimum Gasteiger partial charge on any atom is -0.478 e. The van der Waals surface area contributed by atoms with Crippen LogP contribution in [0.25, 0.3) is 0 Å². The number of hydrogen-bond acceptors (Lipinski definition) is 3. The Balaban J connectivity index is 3.44. The van der Waals surface area contributed by atoms with Gasteiger partial charge in [-0.3, -0.25) is 0 Å². The van der Waals surface area contributed by atoms with Crippen LogP contribution in [0.2, 0.25) is 0 Å². The highest BCUT2D eigenvalue weighted by Gasteiger charge is 2.23. The number of pyridine rings is 1. The number of nitrogen functional groups attached to an aromatic ring is 1. The molecule has 1 aromatic heterocycles. The van der Waals surface area contributed by atoms with E-state index in [1.807, 2.05) is 0 Å². The van der Waals surface area contributed by atoms with Crippen molar-refractivity contribution in [1.82, 2.24) is 4.98 Å². The number of aromatic nitrogens is 1. The average Bonchev–Trinajstić information content (AvgIpc) is 2.01. The number of halogens is 3. The first-order chi connectivity index (χ1) is 6.43. The molecule has 0 atom stereocenters. The van der Waals surface area contributed by atoms with Gasteiger partial charge in [0.2, 0.25) is 5.95 Å². The van der Waals surface area contributed by atoms with Gasteiger partial charge in [-0.25, -0.2) is 18.6 Å². The highest BCUT2D eigenvalue weighted by atomic mass is 19.3. The Kier molecular flexibility index (Phi) is 2.59. The number of carboxylic acid groups (broad SMARTS) is 1. The topological polar surface area (TPSA) is 76.2 Å². The van der Waals surface area contributed by atoms with Crippen molar-refractivity contribution in [2.75, 3.05) is 5.73 Å². The van der Waals surface area contributed by atoms with Crippen molar-refractivity contribution in [1.29, 1.82) is 0 Å². The second-order valence-corrected chi connectivity index (χ2v) is 2.40. The molecule has 0 saturated heterocycles. The molecule has 1 rings (SSSR count). The Morgan fingerprint density at radius 1 is 1.57 bits per heavy atom. The Bertz CT molecular complexity index is 381. The summed E-state index contributed by atoms with van der Waals surface area (Å²) in [4.78, 5) is 13.4. The quantitative estimate of drug-likeness (QED) is 0.717. The van der Waals surface area contributed by atoms with Crippen molar-refractivity contribution in [3.05, 3.63) is 23.1 Å². The van der Waals surface area contributed by atoms with Gasteiger partial charge in [0.15, 0.2) is 0 Å². The van der Waals surface area contributed by atoms with Crippen LogP contribution in [0.15, 0.2) is 6.07 Å². The number of nitrogens with zero attached hydrogens (tertiary/aromatic N) is 1. The van der Waals surface area contributed by atoms with Crippen LogP contribution in [0.1, 0.15) is 22.3 Å². The summed E-state index contributed by atoms with van der Waals surface area (Å²) in [7, 11) is 0.